The maximum Gasteiger partial charge on any atom is 0.238 e. The summed E-state index contributed by atoms with van der Waals surface area (Å²) in [5.41, 5.74) is 6.07. The lowest BCUT2D eigenvalue weighted by Crippen LogP contribution is -1.88. The third-order valence-electron chi connectivity index (χ3n) is 1.60. The van der Waals surface area contributed by atoms with Gasteiger partial charge in [0.15, 0.2) is 0 Å². The van der Waals surface area contributed by atoms with Crippen LogP contribution in [0.4, 0.5) is 5.69 Å². The molecule has 2 rings (SSSR count). The van der Waals surface area contributed by atoms with E-state index < -0.39 is 0 Å². The quantitative estimate of drug-likeness (QED) is 0.731. The van der Waals surface area contributed by atoms with Crippen molar-refractivity contribution in [2.24, 2.45) is 0 Å². The van der Waals surface area contributed by atoms with E-state index in [-0.39, 0.29) is 0 Å². The summed E-state index contributed by atoms with van der Waals surface area (Å²) in [6.45, 7) is 0. The van der Waals surface area contributed by atoms with E-state index in [2.05, 4.69) is 10.2 Å². The molecular weight excluding hydrogens is 166 g/mol. The molecule has 4 heteroatoms. The highest BCUT2D eigenvalue weighted by molar-refractivity contribution is 5.47. The van der Waals surface area contributed by atoms with E-state index in [4.69, 9.17) is 10.5 Å². The largest absolute Gasteiger partial charge is 0.437 e. The minimum atomic E-state index is 0.478. The molecule has 4 nitrogen and oxygen atoms in total. The van der Waals surface area contributed by atoms with Crippen LogP contribution in [0.2, 0.25) is 0 Å². The molecule has 0 amide bonds. The Morgan fingerprint density at radius 3 is 2.62 bits per heavy atom. The lowest BCUT2D eigenvalue weighted by molar-refractivity contribution is 0.464. The molecule has 2 aromatic rings. The lowest BCUT2D eigenvalue weighted by atomic mass is 10.3. The molecule has 0 unspecified atom stereocenters. The molecule has 13 heavy (non-hydrogen) atoms. The standard InChI is InChI=1S/C9H9N3O/c10-8-6-11-12-9(8)13-7-4-2-1-3-5-7/h1-6H,10H2,(H,11,12). The Bertz CT molecular complexity index is 383. The van der Waals surface area contributed by atoms with Crippen LogP contribution < -0.4 is 10.5 Å². The maximum absolute atomic E-state index is 5.57. The van der Waals surface area contributed by atoms with E-state index in [0.717, 1.165) is 5.75 Å². The summed E-state index contributed by atoms with van der Waals surface area (Å²) in [5.74, 6) is 1.21. The molecule has 66 valence electrons. The number of nitrogens with two attached hydrogens (primary N) is 1. The first-order chi connectivity index (χ1) is 6.36. The molecule has 1 heterocycles. The van der Waals surface area contributed by atoms with Crippen LogP contribution in [0.25, 0.3) is 0 Å². The van der Waals surface area contributed by atoms with Gasteiger partial charge in [-0.05, 0) is 12.1 Å². The first-order valence-electron chi connectivity index (χ1n) is 3.88. The minimum Gasteiger partial charge on any atom is -0.437 e. The number of para-hydroxylation sites is 1. The summed E-state index contributed by atoms with van der Waals surface area (Å²) in [6.07, 6.45) is 1.51. The van der Waals surface area contributed by atoms with Crippen LogP contribution in [0.15, 0.2) is 36.5 Å². The van der Waals surface area contributed by atoms with Crippen molar-refractivity contribution < 1.29 is 4.74 Å². The van der Waals surface area contributed by atoms with Gasteiger partial charge in [-0.2, -0.15) is 5.10 Å². The summed E-state index contributed by atoms with van der Waals surface area (Å²) < 4.78 is 5.41. The predicted molar refractivity (Wildman–Crippen MR) is 49.5 cm³/mol. The molecule has 0 aliphatic carbocycles. The van der Waals surface area contributed by atoms with Gasteiger partial charge in [-0.25, -0.2) is 5.10 Å². The molecule has 0 saturated heterocycles. The molecule has 1 aromatic carbocycles. The average molecular weight is 175 g/mol. The number of aromatic nitrogens is 2. The van der Waals surface area contributed by atoms with Crippen molar-refractivity contribution in [3.05, 3.63) is 36.5 Å². The van der Waals surface area contributed by atoms with E-state index in [1.807, 2.05) is 30.3 Å². The summed E-state index contributed by atoms with van der Waals surface area (Å²) in [6, 6.07) is 9.40. The highest BCUT2D eigenvalue weighted by Crippen LogP contribution is 2.23. The van der Waals surface area contributed by atoms with Crippen LogP contribution in [0.5, 0.6) is 11.6 Å². The van der Waals surface area contributed by atoms with Gasteiger partial charge in [-0.3, -0.25) is 0 Å². The van der Waals surface area contributed by atoms with Crippen LogP contribution in [0, 0.1) is 0 Å². The molecule has 0 spiro atoms. The third-order valence-corrected chi connectivity index (χ3v) is 1.60. The van der Waals surface area contributed by atoms with Crippen LogP contribution in [0.1, 0.15) is 0 Å². The molecule has 0 aliphatic heterocycles. The van der Waals surface area contributed by atoms with Crippen molar-refractivity contribution in [3.8, 4) is 11.6 Å². The Hall–Kier alpha value is -1.97. The highest BCUT2D eigenvalue weighted by Gasteiger charge is 2.02. The van der Waals surface area contributed by atoms with Crippen molar-refractivity contribution >= 4 is 5.69 Å². The summed E-state index contributed by atoms with van der Waals surface area (Å²) in [4.78, 5) is 0. The minimum absolute atomic E-state index is 0.478. The first kappa shape index (κ1) is 7.67. The van der Waals surface area contributed by atoms with Crippen molar-refractivity contribution in [1.82, 2.24) is 10.2 Å². The van der Waals surface area contributed by atoms with Gasteiger partial charge in [0.2, 0.25) is 5.88 Å². The first-order valence-corrected chi connectivity index (χ1v) is 3.88. The number of anilines is 1. The zero-order valence-corrected chi connectivity index (χ0v) is 6.90. The fourth-order valence-corrected chi connectivity index (χ4v) is 0.972. The second-order valence-electron chi connectivity index (χ2n) is 2.57. The van der Waals surface area contributed by atoms with Gasteiger partial charge in [0, 0.05) is 0 Å². The second-order valence-corrected chi connectivity index (χ2v) is 2.57. The van der Waals surface area contributed by atoms with E-state index in [0.29, 0.717) is 11.6 Å². The van der Waals surface area contributed by atoms with Gasteiger partial charge in [0.25, 0.3) is 0 Å². The molecule has 0 atom stereocenters. The summed E-state index contributed by atoms with van der Waals surface area (Å²) in [7, 11) is 0. The molecule has 0 bridgehead atoms. The number of hydrogen-bond acceptors (Lipinski definition) is 3. The van der Waals surface area contributed by atoms with Crippen LogP contribution in [-0.4, -0.2) is 10.2 Å². The third kappa shape index (κ3) is 1.61. The van der Waals surface area contributed by atoms with E-state index in [1.165, 1.54) is 6.20 Å². The number of nitrogens with one attached hydrogen (secondary N) is 1. The van der Waals surface area contributed by atoms with E-state index >= 15 is 0 Å². The van der Waals surface area contributed by atoms with Crippen molar-refractivity contribution in [1.29, 1.82) is 0 Å². The number of nitrogens with zero attached hydrogens (tertiary/aromatic N) is 1. The molecule has 3 N–H and O–H groups in total. The van der Waals surface area contributed by atoms with Gasteiger partial charge < -0.3 is 10.5 Å². The zero-order valence-electron chi connectivity index (χ0n) is 6.90. The van der Waals surface area contributed by atoms with Crippen molar-refractivity contribution in [2.75, 3.05) is 5.73 Å². The van der Waals surface area contributed by atoms with Crippen LogP contribution in [-0.2, 0) is 0 Å². The number of benzene rings is 1. The molecule has 0 saturated carbocycles. The van der Waals surface area contributed by atoms with E-state index in [1.54, 1.807) is 0 Å². The number of H-pyrrole nitrogens is 1. The Morgan fingerprint density at radius 2 is 2.00 bits per heavy atom. The number of aromatic amines is 1. The molecule has 0 radical (unpaired) electrons. The van der Waals surface area contributed by atoms with Crippen molar-refractivity contribution in [3.63, 3.8) is 0 Å². The van der Waals surface area contributed by atoms with Gasteiger partial charge in [0.1, 0.15) is 11.4 Å². The second kappa shape index (κ2) is 3.18. The molecular formula is C9H9N3O. The topological polar surface area (TPSA) is 63.9 Å². The number of hydrogen-bond donors (Lipinski definition) is 2. The Morgan fingerprint density at radius 1 is 1.23 bits per heavy atom. The smallest absolute Gasteiger partial charge is 0.238 e. The zero-order chi connectivity index (χ0) is 9.10. The Labute approximate surface area is 75.3 Å². The molecule has 1 aromatic heterocycles. The maximum atomic E-state index is 5.57. The number of nitrogen functional groups attached to an aromatic ring is 1. The Balaban J connectivity index is 2.20. The SMILES string of the molecule is Nc1cn[nH]c1Oc1ccccc1. The number of ether oxygens (including phenoxy) is 1. The summed E-state index contributed by atoms with van der Waals surface area (Å²) >= 11 is 0. The normalized spacial score (nSPS) is 9.85. The van der Waals surface area contributed by atoms with Crippen molar-refractivity contribution in [2.45, 2.75) is 0 Å². The summed E-state index contributed by atoms with van der Waals surface area (Å²) in [5, 5.41) is 6.40. The van der Waals surface area contributed by atoms with Gasteiger partial charge in [-0.15, -0.1) is 0 Å². The van der Waals surface area contributed by atoms with Crippen LogP contribution in [0.3, 0.4) is 0 Å². The monoisotopic (exact) mass is 175 g/mol. The highest BCUT2D eigenvalue weighted by atomic mass is 16.5. The Kier molecular flexibility index (Phi) is 1.88. The van der Waals surface area contributed by atoms with Crippen LogP contribution >= 0.6 is 0 Å². The average Bonchev–Trinajstić information content (AvgIpc) is 2.54. The van der Waals surface area contributed by atoms with E-state index in [9.17, 15) is 0 Å². The fourth-order valence-electron chi connectivity index (χ4n) is 0.972. The van der Waals surface area contributed by atoms with Gasteiger partial charge >= 0.3 is 0 Å². The molecule has 0 aliphatic rings. The van der Waals surface area contributed by atoms with Gasteiger partial charge in [-0.1, -0.05) is 18.2 Å². The fraction of sp³-hybridized carbons (Fsp3) is 0. The number of rotatable bonds is 2. The molecule has 0 fully saturated rings. The van der Waals surface area contributed by atoms with Gasteiger partial charge in [0.05, 0.1) is 6.20 Å². The lowest BCUT2D eigenvalue weighted by Gasteiger charge is -2.01. The predicted octanol–water partition coefficient (Wildman–Crippen LogP) is 1.78.